The summed E-state index contributed by atoms with van der Waals surface area (Å²) in [5.74, 6) is -0.230. The lowest BCUT2D eigenvalue weighted by atomic mass is 10.1. The maximum Gasteiger partial charge on any atom is 0.272 e. The predicted molar refractivity (Wildman–Crippen MR) is 112 cm³/mol. The number of nitrogens with one attached hydrogen (secondary N) is 2. The van der Waals surface area contributed by atoms with Crippen molar-refractivity contribution in [1.82, 2.24) is 20.1 Å². The van der Waals surface area contributed by atoms with E-state index < -0.39 is 0 Å². The Kier molecular flexibility index (Phi) is 5.06. The monoisotopic (exact) mass is 423 g/mol. The Morgan fingerprint density at radius 2 is 2.13 bits per heavy atom. The number of thiazole rings is 1. The van der Waals surface area contributed by atoms with E-state index in [9.17, 15) is 9.59 Å². The molecule has 1 fully saturated rings. The van der Waals surface area contributed by atoms with Crippen molar-refractivity contribution in [1.29, 1.82) is 0 Å². The number of aromatic amines is 1. The fourth-order valence-corrected chi connectivity index (χ4v) is 4.78. The van der Waals surface area contributed by atoms with Crippen LogP contribution in [0, 0.1) is 0 Å². The number of amides is 2. The lowest BCUT2D eigenvalue weighted by molar-refractivity contribution is -0.124. The van der Waals surface area contributed by atoms with Gasteiger partial charge in [0.2, 0.25) is 0 Å². The van der Waals surface area contributed by atoms with Crippen LogP contribution >= 0.6 is 11.3 Å². The number of fused-ring (bicyclic) bond motifs is 1. The Hall–Kier alpha value is -3.04. The van der Waals surface area contributed by atoms with Crippen LogP contribution in [-0.2, 0) is 22.5 Å². The summed E-state index contributed by atoms with van der Waals surface area (Å²) in [6.45, 7) is 1.68. The normalized spacial score (nSPS) is 18.3. The molecule has 3 aromatic rings. The van der Waals surface area contributed by atoms with Gasteiger partial charge in [-0.05, 0) is 18.9 Å². The molecule has 2 aromatic heterocycles. The lowest BCUT2D eigenvalue weighted by Crippen LogP contribution is -2.35. The van der Waals surface area contributed by atoms with E-state index >= 15 is 0 Å². The average molecular weight is 423 g/mol. The molecule has 9 heteroatoms. The number of hydrogen-bond acceptors (Lipinski definition) is 6. The summed E-state index contributed by atoms with van der Waals surface area (Å²) in [4.78, 5) is 32.6. The van der Waals surface area contributed by atoms with Gasteiger partial charge >= 0.3 is 0 Å². The molecule has 30 heavy (non-hydrogen) atoms. The fraction of sp³-hybridized carbons (Fsp3) is 0.333. The molecule has 154 valence electrons. The van der Waals surface area contributed by atoms with Crippen molar-refractivity contribution in [3.63, 3.8) is 0 Å². The van der Waals surface area contributed by atoms with Crippen molar-refractivity contribution in [3.05, 3.63) is 52.7 Å². The molecule has 1 unspecified atom stereocenters. The first-order valence-electron chi connectivity index (χ1n) is 9.98. The molecule has 8 nitrogen and oxygen atoms in total. The summed E-state index contributed by atoms with van der Waals surface area (Å²) < 4.78 is 5.42. The second kappa shape index (κ2) is 8.00. The maximum atomic E-state index is 13.0. The van der Waals surface area contributed by atoms with Gasteiger partial charge in [-0.3, -0.25) is 20.0 Å². The topological polar surface area (TPSA) is 100 Å². The summed E-state index contributed by atoms with van der Waals surface area (Å²) >= 11 is 1.42. The van der Waals surface area contributed by atoms with Gasteiger partial charge in [0, 0.05) is 30.0 Å². The van der Waals surface area contributed by atoms with Gasteiger partial charge in [0.15, 0.2) is 5.13 Å². The number of benzene rings is 1. The third-order valence-electron chi connectivity index (χ3n) is 5.35. The van der Waals surface area contributed by atoms with E-state index in [-0.39, 0.29) is 17.9 Å². The molecule has 0 radical (unpaired) electrons. The van der Waals surface area contributed by atoms with Gasteiger partial charge in [-0.15, -0.1) is 0 Å². The zero-order chi connectivity index (χ0) is 20.5. The minimum atomic E-state index is -0.386. The van der Waals surface area contributed by atoms with Crippen molar-refractivity contribution >= 4 is 28.3 Å². The Balaban J connectivity index is 1.26. The highest BCUT2D eigenvalue weighted by atomic mass is 32.1. The van der Waals surface area contributed by atoms with Gasteiger partial charge in [-0.1, -0.05) is 41.7 Å². The van der Waals surface area contributed by atoms with Crippen LogP contribution in [-0.4, -0.2) is 51.2 Å². The van der Waals surface area contributed by atoms with Gasteiger partial charge in [-0.2, -0.15) is 5.10 Å². The van der Waals surface area contributed by atoms with Gasteiger partial charge in [-0.25, -0.2) is 4.98 Å². The number of ether oxygens (including phenoxy) is 1. The van der Waals surface area contributed by atoms with E-state index in [0.717, 1.165) is 34.7 Å². The zero-order valence-electron chi connectivity index (χ0n) is 16.3. The maximum absolute atomic E-state index is 13.0. The quantitative estimate of drug-likeness (QED) is 0.672. The van der Waals surface area contributed by atoms with Crippen molar-refractivity contribution in [2.24, 2.45) is 0 Å². The molecule has 2 aliphatic heterocycles. The molecular formula is C21H21N5O3S. The minimum absolute atomic E-state index is 0.0892. The van der Waals surface area contributed by atoms with E-state index in [1.165, 1.54) is 11.3 Å². The average Bonchev–Trinajstić information content (AvgIpc) is 3.53. The summed E-state index contributed by atoms with van der Waals surface area (Å²) in [5.41, 5.74) is 3.12. The van der Waals surface area contributed by atoms with Crippen LogP contribution in [0.25, 0.3) is 11.3 Å². The lowest BCUT2D eigenvalue weighted by Gasteiger charge is -2.25. The van der Waals surface area contributed by atoms with Crippen molar-refractivity contribution in [2.45, 2.75) is 31.9 Å². The molecule has 4 heterocycles. The molecule has 0 bridgehead atoms. The van der Waals surface area contributed by atoms with Crippen LogP contribution in [0.2, 0.25) is 0 Å². The number of carbonyl (C=O) groups excluding carboxylic acids is 2. The number of rotatable bonds is 4. The van der Waals surface area contributed by atoms with E-state index in [2.05, 4.69) is 20.5 Å². The number of aromatic nitrogens is 3. The number of carbonyl (C=O) groups is 2. The first kappa shape index (κ1) is 19.0. The Morgan fingerprint density at radius 3 is 2.93 bits per heavy atom. The molecule has 1 atom stereocenters. The minimum Gasteiger partial charge on any atom is -0.368 e. The van der Waals surface area contributed by atoms with Crippen LogP contribution in [0.4, 0.5) is 5.13 Å². The molecule has 2 amide bonds. The number of nitrogens with zero attached hydrogens (tertiary/aromatic N) is 3. The first-order chi connectivity index (χ1) is 14.7. The van der Waals surface area contributed by atoms with Crippen LogP contribution in [0.5, 0.6) is 0 Å². The van der Waals surface area contributed by atoms with Gasteiger partial charge < -0.3 is 9.64 Å². The van der Waals surface area contributed by atoms with Crippen molar-refractivity contribution in [2.75, 3.05) is 18.5 Å². The Morgan fingerprint density at radius 1 is 1.27 bits per heavy atom. The standard InChI is InChI=1S/C21H21N5O3S/c27-19(17-7-4-10-29-17)23-21-22-14-8-9-26(12-18(14)30-21)20(28)16-11-15(24-25-16)13-5-2-1-3-6-13/h1-3,5-6,11,17H,4,7-10,12H2,(H,24,25)(H,22,23,27). The van der Waals surface area contributed by atoms with E-state index in [1.807, 2.05) is 30.3 Å². The van der Waals surface area contributed by atoms with Crippen LogP contribution in [0.15, 0.2) is 36.4 Å². The van der Waals surface area contributed by atoms with Gasteiger partial charge in [0.05, 0.1) is 17.9 Å². The molecule has 5 rings (SSSR count). The highest BCUT2D eigenvalue weighted by molar-refractivity contribution is 7.15. The van der Waals surface area contributed by atoms with Gasteiger partial charge in [0.25, 0.3) is 11.8 Å². The Bertz CT molecular complexity index is 1070. The molecule has 2 N–H and O–H groups in total. The second-order valence-electron chi connectivity index (χ2n) is 7.39. The van der Waals surface area contributed by atoms with Gasteiger partial charge in [0.1, 0.15) is 11.8 Å². The second-order valence-corrected chi connectivity index (χ2v) is 8.47. The van der Waals surface area contributed by atoms with Crippen LogP contribution in [0.1, 0.15) is 33.9 Å². The van der Waals surface area contributed by atoms with E-state index in [1.54, 1.807) is 11.0 Å². The van der Waals surface area contributed by atoms with Crippen molar-refractivity contribution < 1.29 is 14.3 Å². The molecule has 1 aromatic carbocycles. The van der Waals surface area contributed by atoms with E-state index in [4.69, 9.17) is 4.74 Å². The zero-order valence-corrected chi connectivity index (χ0v) is 17.1. The summed E-state index contributed by atoms with van der Waals surface area (Å²) in [7, 11) is 0. The first-order valence-corrected chi connectivity index (χ1v) is 10.8. The number of H-pyrrole nitrogens is 1. The predicted octanol–water partition coefficient (Wildman–Crippen LogP) is 2.85. The number of hydrogen-bond donors (Lipinski definition) is 2. The number of anilines is 1. The summed E-state index contributed by atoms with van der Waals surface area (Å²) in [5, 5.41) is 10.6. The van der Waals surface area contributed by atoms with Crippen LogP contribution < -0.4 is 5.32 Å². The third kappa shape index (κ3) is 3.73. The largest absolute Gasteiger partial charge is 0.368 e. The molecule has 0 spiro atoms. The highest BCUT2D eigenvalue weighted by Gasteiger charge is 2.28. The molecule has 0 aliphatic carbocycles. The molecule has 2 aliphatic rings. The van der Waals surface area contributed by atoms with E-state index in [0.29, 0.717) is 36.9 Å². The molecular weight excluding hydrogens is 402 g/mol. The summed E-state index contributed by atoms with van der Waals surface area (Å²) in [6.07, 6.45) is 1.92. The van der Waals surface area contributed by atoms with Crippen LogP contribution in [0.3, 0.4) is 0 Å². The third-order valence-corrected chi connectivity index (χ3v) is 6.35. The van der Waals surface area contributed by atoms with Crippen molar-refractivity contribution in [3.8, 4) is 11.3 Å². The molecule has 1 saturated heterocycles. The molecule has 0 saturated carbocycles. The fourth-order valence-electron chi connectivity index (χ4n) is 3.75. The smallest absolute Gasteiger partial charge is 0.272 e. The highest BCUT2D eigenvalue weighted by Crippen LogP contribution is 2.30. The Labute approximate surface area is 177 Å². The SMILES string of the molecule is O=C(Nc1nc2c(s1)CN(C(=O)c1cc(-c3ccccc3)n[nH]1)CC2)C1CCCO1. The summed E-state index contributed by atoms with van der Waals surface area (Å²) in [6, 6.07) is 11.5.